The molecule has 0 radical (unpaired) electrons. The number of Topliss-reactive ketones (excluding diaryl/α,β-unsaturated/α-hetero) is 1. The predicted octanol–water partition coefficient (Wildman–Crippen LogP) is -0.0287. The molecule has 0 saturated carbocycles. The Bertz CT molecular complexity index is 612. The Hall–Kier alpha value is -2.00. The molecule has 8 nitrogen and oxygen atoms in total. The maximum absolute atomic E-state index is 12.2. The lowest BCUT2D eigenvalue weighted by Crippen LogP contribution is -2.37. The number of nitrogens with zero attached hydrogens (tertiary/aromatic N) is 2. The zero-order valence-corrected chi connectivity index (χ0v) is 14.9. The summed E-state index contributed by atoms with van der Waals surface area (Å²) in [6.45, 7) is 3.43. The largest absolute Gasteiger partial charge is 0.359 e. The van der Waals surface area contributed by atoms with Crippen molar-refractivity contribution >= 4 is 41.2 Å². The van der Waals surface area contributed by atoms with Crippen LogP contribution < -0.4 is 0 Å². The van der Waals surface area contributed by atoms with Crippen molar-refractivity contribution in [3.63, 3.8) is 0 Å². The number of amides is 4. The first-order valence-electron chi connectivity index (χ1n) is 7.91. The van der Waals surface area contributed by atoms with Gasteiger partial charge in [-0.05, 0) is 0 Å². The maximum Gasteiger partial charge on any atom is 0.253 e. The first kappa shape index (κ1) is 19.3. The molecule has 0 aromatic heterocycles. The van der Waals surface area contributed by atoms with E-state index in [1.165, 1.54) is 23.9 Å². The van der Waals surface area contributed by atoms with Crippen LogP contribution in [0, 0.1) is 5.92 Å². The zero-order chi connectivity index (χ0) is 18.6. The van der Waals surface area contributed by atoms with Crippen LogP contribution in [0.25, 0.3) is 0 Å². The summed E-state index contributed by atoms with van der Waals surface area (Å²) in [6, 6.07) is 0. The number of imide groups is 2. The third-order valence-corrected chi connectivity index (χ3v) is 5.08. The summed E-state index contributed by atoms with van der Waals surface area (Å²) < 4.78 is 5.26. The number of carbonyl (C=O) groups is 5. The number of ketones is 1. The Balaban J connectivity index is 1.74. The molecule has 136 valence electrons. The standard InChI is InChI=1S/C16H20N2O6S/c1-10(2)11(19)8-25-12-7-15(22)18(16(12)23)9-24-6-5-17-13(20)3-4-14(17)21/h3-4,10,12H,5-9H2,1-2H3. The summed E-state index contributed by atoms with van der Waals surface area (Å²) >= 11 is 1.17. The number of thioether (sulfide) groups is 1. The van der Waals surface area contributed by atoms with E-state index in [0.29, 0.717) is 0 Å². The van der Waals surface area contributed by atoms with Crippen LogP contribution in [0.2, 0.25) is 0 Å². The number of carbonyl (C=O) groups excluding carboxylic acids is 5. The van der Waals surface area contributed by atoms with Crippen molar-refractivity contribution in [3.8, 4) is 0 Å². The quantitative estimate of drug-likeness (QED) is 0.416. The summed E-state index contributed by atoms with van der Waals surface area (Å²) in [5, 5.41) is -0.565. The molecule has 0 bridgehead atoms. The van der Waals surface area contributed by atoms with E-state index in [-0.39, 0.29) is 55.6 Å². The first-order valence-corrected chi connectivity index (χ1v) is 8.96. The molecule has 0 aromatic rings. The fourth-order valence-electron chi connectivity index (χ4n) is 2.23. The van der Waals surface area contributed by atoms with Gasteiger partial charge in [-0.25, -0.2) is 0 Å². The molecular weight excluding hydrogens is 348 g/mol. The van der Waals surface area contributed by atoms with Gasteiger partial charge < -0.3 is 4.74 Å². The van der Waals surface area contributed by atoms with Gasteiger partial charge in [-0.2, -0.15) is 0 Å². The van der Waals surface area contributed by atoms with Gasteiger partial charge in [-0.1, -0.05) is 13.8 Å². The average molecular weight is 368 g/mol. The van der Waals surface area contributed by atoms with Gasteiger partial charge in [0.15, 0.2) is 0 Å². The Morgan fingerprint density at radius 2 is 1.84 bits per heavy atom. The fourth-order valence-corrected chi connectivity index (χ4v) is 3.46. The van der Waals surface area contributed by atoms with Crippen LogP contribution in [0.15, 0.2) is 12.2 Å². The Morgan fingerprint density at radius 3 is 2.44 bits per heavy atom. The van der Waals surface area contributed by atoms with Gasteiger partial charge in [-0.3, -0.25) is 33.8 Å². The molecule has 1 saturated heterocycles. The second-order valence-electron chi connectivity index (χ2n) is 5.98. The van der Waals surface area contributed by atoms with Gasteiger partial charge >= 0.3 is 0 Å². The topological polar surface area (TPSA) is 101 Å². The monoisotopic (exact) mass is 368 g/mol. The first-order chi connectivity index (χ1) is 11.8. The molecule has 0 aliphatic carbocycles. The molecule has 2 aliphatic rings. The van der Waals surface area contributed by atoms with Crippen LogP contribution in [0.5, 0.6) is 0 Å². The predicted molar refractivity (Wildman–Crippen MR) is 89.2 cm³/mol. The number of hydrogen-bond donors (Lipinski definition) is 0. The molecule has 0 aromatic carbocycles. The Kier molecular flexibility index (Phi) is 6.49. The molecule has 25 heavy (non-hydrogen) atoms. The fraction of sp³-hybridized carbons (Fsp3) is 0.562. The summed E-state index contributed by atoms with van der Waals surface area (Å²) in [5.74, 6) is -1.42. The van der Waals surface area contributed by atoms with Gasteiger partial charge in [-0.15, -0.1) is 11.8 Å². The van der Waals surface area contributed by atoms with E-state index in [2.05, 4.69) is 0 Å². The summed E-state index contributed by atoms with van der Waals surface area (Å²) in [5.41, 5.74) is 0. The van der Waals surface area contributed by atoms with Crippen LogP contribution in [0.1, 0.15) is 20.3 Å². The molecule has 0 N–H and O–H groups in total. The van der Waals surface area contributed by atoms with Crippen molar-refractivity contribution in [2.75, 3.05) is 25.6 Å². The molecule has 2 heterocycles. The number of ether oxygens (including phenoxy) is 1. The highest BCUT2D eigenvalue weighted by Gasteiger charge is 2.39. The van der Waals surface area contributed by atoms with Gasteiger partial charge in [0.05, 0.1) is 24.2 Å². The van der Waals surface area contributed by atoms with Crippen LogP contribution in [-0.4, -0.2) is 70.1 Å². The highest BCUT2D eigenvalue weighted by molar-refractivity contribution is 8.01. The molecule has 1 atom stereocenters. The molecule has 9 heteroatoms. The summed E-state index contributed by atoms with van der Waals surface area (Å²) in [7, 11) is 0. The minimum atomic E-state index is -0.565. The molecule has 1 fully saturated rings. The van der Waals surface area contributed by atoms with Crippen molar-refractivity contribution in [1.29, 1.82) is 0 Å². The highest BCUT2D eigenvalue weighted by Crippen LogP contribution is 2.25. The van der Waals surface area contributed by atoms with Crippen LogP contribution >= 0.6 is 11.8 Å². The molecule has 2 aliphatic heterocycles. The normalized spacial score (nSPS) is 20.5. The SMILES string of the molecule is CC(C)C(=O)CSC1CC(=O)N(COCCN2C(=O)C=CC2=O)C1=O. The second kappa shape index (κ2) is 8.39. The average Bonchev–Trinajstić information content (AvgIpc) is 3.02. The van der Waals surface area contributed by atoms with E-state index in [9.17, 15) is 24.0 Å². The smallest absolute Gasteiger partial charge is 0.253 e. The minimum absolute atomic E-state index is 0.0276. The van der Waals surface area contributed by atoms with E-state index >= 15 is 0 Å². The van der Waals surface area contributed by atoms with Crippen molar-refractivity contribution < 1.29 is 28.7 Å². The van der Waals surface area contributed by atoms with Crippen molar-refractivity contribution in [2.45, 2.75) is 25.5 Å². The zero-order valence-electron chi connectivity index (χ0n) is 14.1. The lowest BCUT2D eigenvalue weighted by molar-refractivity contribution is -0.146. The van der Waals surface area contributed by atoms with Gasteiger partial charge in [0.2, 0.25) is 11.8 Å². The molecule has 0 spiro atoms. The highest BCUT2D eigenvalue weighted by atomic mass is 32.2. The second-order valence-corrected chi connectivity index (χ2v) is 7.17. The van der Waals surface area contributed by atoms with Gasteiger partial charge in [0.1, 0.15) is 12.5 Å². The van der Waals surface area contributed by atoms with Gasteiger partial charge in [0, 0.05) is 24.5 Å². The van der Waals surface area contributed by atoms with Gasteiger partial charge in [0.25, 0.3) is 11.8 Å². The van der Waals surface area contributed by atoms with E-state index in [4.69, 9.17) is 4.74 Å². The van der Waals surface area contributed by atoms with E-state index < -0.39 is 17.1 Å². The van der Waals surface area contributed by atoms with Crippen molar-refractivity contribution in [3.05, 3.63) is 12.2 Å². The lowest BCUT2D eigenvalue weighted by Gasteiger charge is -2.17. The van der Waals surface area contributed by atoms with E-state index in [1.807, 2.05) is 0 Å². The van der Waals surface area contributed by atoms with Crippen molar-refractivity contribution in [2.24, 2.45) is 5.92 Å². The van der Waals surface area contributed by atoms with E-state index in [0.717, 1.165) is 9.80 Å². The molecule has 2 rings (SSSR count). The Labute approximate surface area is 149 Å². The third-order valence-electron chi connectivity index (χ3n) is 3.85. The maximum atomic E-state index is 12.2. The minimum Gasteiger partial charge on any atom is -0.359 e. The number of rotatable bonds is 9. The lowest BCUT2D eigenvalue weighted by atomic mass is 10.1. The summed E-state index contributed by atoms with van der Waals surface area (Å²) in [6.07, 6.45) is 2.40. The van der Waals surface area contributed by atoms with E-state index in [1.54, 1.807) is 13.8 Å². The van der Waals surface area contributed by atoms with Crippen molar-refractivity contribution in [1.82, 2.24) is 9.80 Å². The Morgan fingerprint density at radius 1 is 1.20 bits per heavy atom. The third kappa shape index (κ3) is 4.76. The molecule has 4 amide bonds. The molecular formula is C16H20N2O6S. The number of hydrogen-bond acceptors (Lipinski definition) is 7. The summed E-state index contributed by atoms with van der Waals surface area (Å²) in [4.78, 5) is 60.5. The number of likely N-dealkylation sites (tertiary alicyclic amines) is 1. The van der Waals surface area contributed by atoms with Crippen LogP contribution in [0.4, 0.5) is 0 Å². The van der Waals surface area contributed by atoms with Crippen LogP contribution in [-0.2, 0) is 28.7 Å². The van der Waals surface area contributed by atoms with Crippen LogP contribution in [0.3, 0.4) is 0 Å². The molecule has 1 unspecified atom stereocenters.